The minimum absolute atomic E-state index is 0.0292. The molecule has 0 aliphatic heterocycles. The van der Waals surface area contributed by atoms with Gasteiger partial charge in [0.15, 0.2) is 5.05 Å². The van der Waals surface area contributed by atoms with Crippen LogP contribution in [0.4, 0.5) is 0 Å². The van der Waals surface area contributed by atoms with Gasteiger partial charge < -0.3 is 18.4 Å². The topological polar surface area (TPSA) is 47.9 Å². The van der Waals surface area contributed by atoms with Gasteiger partial charge in [0.25, 0.3) is 0 Å². The van der Waals surface area contributed by atoms with Crippen LogP contribution in [-0.2, 0) is 13.3 Å². The van der Waals surface area contributed by atoms with E-state index >= 15 is 0 Å². The SMILES string of the molecule is CC(C)O[Si](CCCC(O)=S)(OC(C)C)OC(C)C. The fourth-order valence-electron chi connectivity index (χ4n) is 1.79. The van der Waals surface area contributed by atoms with Crippen molar-refractivity contribution in [3.05, 3.63) is 0 Å². The van der Waals surface area contributed by atoms with Crippen LogP contribution in [0.3, 0.4) is 0 Å². The second kappa shape index (κ2) is 9.02. The number of aliphatic hydroxyl groups is 1. The molecule has 0 saturated heterocycles. The Labute approximate surface area is 123 Å². The third-order valence-electron chi connectivity index (χ3n) is 2.12. The standard InChI is InChI=1S/C13H28O4SSi/c1-10(2)15-19(16-11(3)4,17-12(5)6)9-7-8-13(14)18/h10-12H,7-9H2,1-6H3,(H,14,18). The van der Waals surface area contributed by atoms with Gasteiger partial charge in [0.2, 0.25) is 0 Å². The van der Waals surface area contributed by atoms with Gasteiger partial charge in [-0.25, -0.2) is 0 Å². The largest absolute Gasteiger partial charge is 0.502 e. The first-order valence-electron chi connectivity index (χ1n) is 6.92. The van der Waals surface area contributed by atoms with E-state index in [9.17, 15) is 0 Å². The van der Waals surface area contributed by atoms with Crippen molar-refractivity contribution in [2.24, 2.45) is 0 Å². The smallest absolute Gasteiger partial charge is 0.501 e. The molecule has 0 heterocycles. The summed E-state index contributed by atoms with van der Waals surface area (Å²) < 4.78 is 18.0. The van der Waals surface area contributed by atoms with Crippen LogP contribution >= 0.6 is 12.2 Å². The Hall–Kier alpha value is -0.0131. The average molecular weight is 309 g/mol. The molecule has 0 rings (SSSR count). The first-order chi connectivity index (χ1) is 8.67. The molecule has 1 N–H and O–H groups in total. The molecule has 0 fully saturated rings. The quantitative estimate of drug-likeness (QED) is 0.490. The maximum atomic E-state index is 9.12. The molecular weight excluding hydrogens is 280 g/mol. The molecule has 0 unspecified atom stereocenters. The van der Waals surface area contributed by atoms with Crippen molar-refractivity contribution in [3.8, 4) is 0 Å². The Morgan fingerprint density at radius 3 is 1.58 bits per heavy atom. The lowest BCUT2D eigenvalue weighted by Gasteiger charge is -2.34. The molecule has 19 heavy (non-hydrogen) atoms. The van der Waals surface area contributed by atoms with Gasteiger partial charge in [-0.2, -0.15) is 0 Å². The Bertz CT molecular complexity index is 243. The Morgan fingerprint density at radius 2 is 1.32 bits per heavy atom. The predicted molar refractivity (Wildman–Crippen MR) is 83.7 cm³/mol. The first kappa shape index (κ1) is 19.0. The van der Waals surface area contributed by atoms with Crippen LogP contribution in [0.5, 0.6) is 0 Å². The summed E-state index contributed by atoms with van der Waals surface area (Å²) in [6, 6.07) is 0.669. The van der Waals surface area contributed by atoms with Crippen LogP contribution in [0, 0.1) is 0 Å². The summed E-state index contributed by atoms with van der Waals surface area (Å²) in [7, 11) is -2.72. The third kappa shape index (κ3) is 9.51. The molecule has 6 heteroatoms. The van der Waals surface area contributed by atoms with E-state index in [1.54, 1.807) is 0 Å². The van der Waals surface area contributed by atoms with Crippen LogP contribution in [0.25, 0.3) is 0 Å². The number of thiocarbonyl (C=S) groups is 1. The highest BCUT2D eigenvalue weighted by Crippen LogP contribution is 2.24. The highest BCUT2D eigenvalue weighted by molar-refractivity contribution is 7.80. The summed E-state index contributed by atoms with van der Waals surface area (Å²) in [5, 5.41) is 9.15. The molecule has 0 spiro atoms. The zero-order valence-electron chi connectivity index (χ0n) is 12.9. The highest BCUT2D eigenvalue weighted by Gasteiger charge is 2.43. The van der Waals surface area contributed by atoms with Crippen LogP contribution in [0.15, 0.2) is 0 Å². The van der Waals surface area contributed by atoms with Gasteiger partial charge >= 0.3 is 8.80 Å². The number of hydrogen-bond donors (Lipinski definition) is 1. The molecule has 0 aromatic carbocycles. The van der Waals surface area contributed by atoms with Crippen LogP contribution in [0.2, 0.25) is 6.04 Å². The Balaban J connectivity index is 4.82. The van der Waals surface area contributed by atoms with Crippen molar-refractivity contribution in [1.82, 2.24) is 0 Å². The number of rotatable bonds is 10. The maximum absolute atomic E-state index is 9.12. The average Bonchev–Trinajstić information content (AvgIpc) is 2.12. The summed E-state index contributed by atoms with van der Waals surface area (Å²) >= 11 is 4.70. The van der Waals surface area contributed by atoms with Gasteiger partial charge in [-0.05, 0) is 60.2 Å². The van der Waals surface area contributed by atoms with Gasteiger partial charge in [0.05, 0.1) is 0 Å². The summed E-state index contributed by atoms with van der Waals surface area (Å²) in [4.78, 5) is 0. The molecule has 4 nitrogen and oxygen atoms in total. The fourth-order valence-corrected chi connectivity index (χ4v) is 5.22. The van der Waals surface area contributed by atoms with E-state index in [4.69, 9.17) is 30.6 Å². The molecule has 0 saturated carbocycles. The summed E-state index contributed by atoms with van der Waals surface area (Å²) in [6.45, 7) is 11.9. The molecule has 0 bridgehead atoms. The maximum Gasteiger partial charge on any atom is 0.501 e. The molecular formula is C13H28O4SSi. The summed E-state index contributed by atoms with van der Waals surface area (Å²) in [6.07, 6.45) is 1.34. The Kier molecular flexibility index (Phi) is 9.01. The second-order valence-corrected chi connectivity index (χ2v) is 8.47. The molecule has 114 valence electrons. The lowest BCUT2D eigenvalue weighted by molar-refractivity contribution is 0.00299. The molecule has 0 radical (unpaired) electrons. The molecule has 0 aliphatic carbocycles. The molecule has 0 aromatic rings. The number of hydrogen-bond acceptors (Lipinski definition) is 4. The Morgan fingerprint density at radius 1 is 0.947 bits per heavy atom. The molecule has 0 aromatic heterocycles. The van der Waals surface area contributed by atoms with Gasteiger partial charge in [-0.3, -0.25) is 0 Å². The lowest BCUT2D eigenvalue weighted by Crippen LogP contribution is -2.50. The normalized spacial score (nSPS) is 12.7. The zero-order chi connectivity index (χ0) is 15.1. The summed E-state index contributed by atoms with van der Waals surface area (Å²) in [5.41, 5.74) is 0. The lowest BCUT2D eigenvalue weighted by atomic mass is 10.4. The van der Waals surface area contributed by atoms with Gasteiger partial charge in [0.1, 0.15) is 0 Å². The predicted octanol–water partition coefficient (Wildman–Crippen LogP) is 3.87. The minimum Gasteiger partial charge on any atom is -0.502 e. The molecule has 0 atom stereocenters. The van der Waals surface area contributed by atoms with Crippen molar-refractivity contribution in [2.75, 3.05) is 0 Å². The van der Waals surface area contributed by atoms with E-state index in [2.05, 4.69) is 0 Å². The zero-order valence-corrected chi connectivity index (χ0v) is 14.8. The van der Waals surface area contributed by atoms with Crippen molar-refractivity contribution in [3.63, 3.8) is 0 Å². The van der Waals surface area contributed by atoms with E-state index in [1.165, 1.54) is 0 Å². The van der Waals surface area contributed by atoms with Gasteiger partial charge in [0, 0.05) is 30.8 Å². The third-order valence-corrected chi connectivity index (χ3v) is 5.78. The van der Waals surface area contributed by atoms with E-state index in [-0.39, 0.29) is 23.4 Å². The van der Waals surface area contributed by atoms with Crippen LogP contribution in [0.1, 0.15) is 54.4 Å². The molecule has 0 aliphatic rings. The monoisotopic (exact) mass is 308 g/mol. The van der Waals surface area contributed by atoms with Crippen LogP contribution < -0.4 is 0 Å². The van der Waals surface area contributed by atoms with Gasteiger partial charge in [-0.15, -0.1) is 0 Å². The van der Waals surface area contributed by atoms with Crippen molar-refractivity contribution in [1.29, 1.82) is 0 Å². The van der Waals surface area contributed by atoms with Crippen molar-refractivity contribution >= 4 is 26.1 Å². The van der Waals surface area contributed by atoms with Crippen LogP contribution in [-0.4, -0.2) is 37.3 Å². The highest BCUT2D eigenvalue weighted by atomic mass is 32.1. The minimum atomic E-state index is -2.72. The second-order valence-electron chi connectivity index (χ2n) is 5.43. The number of aliphatic hydroxyl groups excluding tert-OH is 1. The van der Waals surface area contributed by atoms with E-state index < -0.39 is 8.80 Å². The molecule has 0 amide bonds. The van der Waals surface area contributed by atoms with E-state index in [1.807, 2.05) is 41.5 Å². The van der Waals surface area contributed by atoms with Crippen molar-refractivity contribution < 1.29 is 18.4 Å². The fraction of sp³-hybridized carbons (Fsp3) is 0.923. The summed E-state index contributed by atoms with van der Waals surface area (Å²) in [5.74, 6) is 0. The van der Waals surface area contributed by atoms with Crippen molar-refractivity contribution in [2.45, 2.75) is 78.7 Å². The van der Waals surface area contributed by atoms with E-state index in [0.29, 0.717) is 18.9 Å². The first-order valence-corrected chi connectivity index (χ1v) is 9.26. The van der Waals surface area contributed by atoms with E-state index in [0.717, 1.165) is 0 Å². The van der Waals surface area contributed by atoms with Gasteiger partial charge in [-0.1, -0.05) is 0 Å².